The molecular formula is C20H24O5. The third kappa shape index (κ3) is 5.14. The normalized spacial score (nSPS) is 10.2. The van der Waals surface area contributed by atoms with Crippen LogP contribution in [-0.4, -0.2) is 33.4 Å². The molecule has 25 heavy (non-hydrogen) atoms. The summed E-state index contributed by atoms with van der Waals surface area (Å²) in [4.78, 5) is 11.5. The van der Waals surface area contributed by atoms with Gasteiger partial charge < -0.3 is 18.9 Å². The van der Waals surface area contributed by atoms with Crippen LogP contribution in [0.1, 0.15) is 27.9 Å². The summed E-state index contributed by atoms with van der Waals surface area (Å²) in [7, 11) is 3.00. The Morgan fingerprint density at radius 2 is 1.56 bits per heavy atom. The molecule has 0 unspecified atom stereocenters. The molecule has 2 aromatic carbocycles. The van der Waals surface area contributed by atoms with Crippen molar-refractivity contribution in [2.45, 2.75) is 20.3 Å². The summed E-state index contributed by atoms with van der Waals surface area (Å²) >= 11 is 0. The Kier molecular flexibility index (Phi) is 6.69. The van der Waals surface area contributed by atoms with Crippen LogP contribution in [0.25, 0.3) is 0 Å². The molecule has 2 rings (SSSR count). The second-order valence-corrected chi connectivity index (χ2v) is 5.68. The molecular weight excluding hydrogens is 320 g/mol. The fourth-order valence-electron chi connectivity index (χ4n) is 2.37. The van der Waals surface area contributed by atoms with Crippen molar-refractivity contribution in [3.05, 3.63) is 53.1 Å². The molecule has 0 aliphatic rings. The first-order valence-electron chi connectivity index (χ1n) is 8.14. The van der Waals surface area contributed by atoms with Gasteiger partial charge in [-0.2, -0.15) is 0 Å². The largest absolute Gasteiger partial charge is 0.493 e. The monoisotopic (exact) mass is 344 g/mol. The molecule has 0 atom stereocenters. The molecule has 0 radical (unpaired) electrons. The molecule has 0 N–H and O–H groups in total. The Balaban J connectivity index is 1.81. The third-order valence-corrected chi connectivity index (χ3v) is 3.72. The standard InChI is InChI=1S/C20H24O5/c1-14-6-8-18(19(12-14)22-3)25-11-5-10-24-17-9-7-16(13-15(17)2)20(21)23-4/h6-9,12-13H,5,10-11H2,1-4H3. The second-order valence-electron chi connectivity index (χ2n) is 5.68. The van der Waals surface area contributed by atoms with E-state index in [2.05, 4.69) is 0 Å². The van der Waals surface area contributed by atoms with Crippen LogP contribution < -0.4 is 14.2 Å². The first-order valence-corrected chi connectivity index (χ1v) is 8.14. The Morgan fingerprint density at radius 3 is 2.20 bits per heavy atom. The number of ether oxygens (including phenoxy) is 4. The maximum atomic E-state index is 11.5. The molecule has 5 nitrogen and oxygen atoms in total. The van der Waals surface area contributed by atoms with Crippen LogP contribution in [0.5, 0.6) is 17.2 Å². The van der Waals surface area contributed by atoms with Gasteiger partial charge in [0.1, 0.15) is 5.75 Å². The minimum absolute atomic E-state index is 0.352. The Hall–Kier alpha value is -2.69. The summed E-state index contributed by atoms with van der Waals surface area (Å²) in [6.45, 7) is 4.95. The average molecular weight is 344 g/mol. The van der Waals surface area contributed by atoms with E-state index in [-0.39, 0.29) is 5.97 Å². The Morgan fingerprint density at radius 1 is 0.880 bits per heavy atom. The fourth-order valence-corrected chi connectivity index (χ4v) is 2.37. The van der Waals surface area contributed by atoms with Crippen LogP contribution in [0, 0.1) is 13.8 Å². The third-order valence-electron chi connectivity index (χ3n) is 3.72. The molecule has 0 aliphatic heterocycles. The zero-order valence-electron chi connectivity index (χ0n) is 15.1. The number of hydrogen-bond acceptors (Lipinski definition) is 5. The maximum absolute atomic E-state index is 11.5. The van der Waals surface area contributed by atoms with E-state index in [4.69, 9.17) is 18.9 Å². The number of esters is 1. The molecule has 0 amide bonds. The number of methoxy groups -OCH3 is 2. The Bertz CT molecular complexity index is 724. The number of benzene rings is 2. The molecule has 0 bridgehead atoms. The molecule has 0 aliphatic carbocycles. The van der Waals surface area contributed by atoms with Crippen molar-refractivity contribution in [1.82, 2.24) is 0 Å². The Labute approximate surface area is 148 Å². The van der Waals surface area contributed by atoms with Gasteiger partial charge in [-0.3, -0.25) is 0 Å². The van der Waals surface area contributed by atoms with E-state index in [9.17, 15) is 4.79 Å². The van der Waals surface area contributed by atoms with E-state index in [0.717, 1.165) is 34.8 Å². The van der Waals surface area contributed by atoms with E-state index >= 15 is 0 Å². The number of carbonyl (C=O) groups excluding carboxylic acids is 1. The lowest BCUT2D eigenvalue weighted by molar-refractivity contribution is 0.0600. The van der Waals surface area contributed by atoms with Crippen LogP contribution in [0.3, 0.4) is 0 Å². The second kappa shape index (κ2) is 8.97. The molecule has 0 saturated carbocycles. The number of rotatable bonds is 8. The molecule has 0 aromatic heterocycles. The zero-order chi connectivity index (χ0) is 18.2. The minimum Gasteiger partial charge on any atom is -0.493 e. The van der Waals surface area contributed by atoms with Gasteiger partial charge in [0.25, 0.3) is 0 Å². The summed E-state index contributed by atoms with van der Waals surface area (Å²) in [5.41, 5.74) is 2.53. The van der Waals surface area contributed by atoms with Gasteiger partial charge in [-0.25, -0.2) is 4.79 Å². The summed E-state index contributed by atoms with van der Waals surface area (Å²) < 4.78 is 21.5. The van der Waals surface area contributed by atoms with Gasteiger partial charge >= 0.3 is 5.97 Å². The van der Waals surface area contributed by atoms with Crippen molar-refractivity contribution >= 4 is 5.97 Å². The van der Waals surface area contributed by atoms with Crippen LogP contribution >= 0.6 is 0 Å². The quantitative estimate of drug-likeness (QED) is 0.536. The lowest BCUT2D eigenvalue weighted by Crippen LogP contribution is -2.07. The van der Waals surface area contributed by atoms with Crippen LogP contribution in [-0.2, 0) is 4.74 Å². The van der Waals surface area contributed by atoms with E-state index in [1.54, 1.807) is 25.3 Å². The lowest BCUT2D eigenvalue weighted by Gasteiger charge is -2.12. The van der Waals surface area contributed by atoms with Gasteiger partial charge in [0.15, 0.2) is 11.5 Å². The van der Waals surface area contributed by atoms with E-state index < -0.39 is 0 Å². The van der Waals surface area contributed by atoms with Crippen LogP contribution in [0.15, 0.2) is 36.4 Å². The highest BCUT2D eigenvalue weighted by Gasteiger charge is 2.08. The summed E-state index contributed by atoms with van der Waals surface area (Å²) in [6.07, 6.45) is 0.731. The minimum atomic E-state index is -0.352. The average Bonchev–Trinajstić information content (AvgIpc) is 2.62. The number of carbonyl (C=O) groups is 1. The molecule has 0 saturated heterocycles. The van der Waals surface area contributed by atoms with E-state index in [0.29, 0.717) is 18.8 Å². The highest BCUT2D eigenvalue weighted by atomic mass is 16.5. The van der Waals surface area contributed by atoms with Gasteiger partial charge in [0, 0.05) is 6.42 Å². The van der Waals surface area contributed by atoms with Gasteiger partial charge in [0.05, 0.1) is 33.0 Å². The first-order chi connectivity index (χ1) is 12.0. The van der Waals surface area contributed by atoms with Crippen LogP contribution in [0.4, 0.5) is 0 Å². The van der Waals surface area contributed by atoms with Gasteiger partial charge in [-0.1, -0.05) is 6.07 Å². The molecule has 2 aromatic rings. The van der Waals surface area contributed by atoms with Crippen molar-refractivity contribution < 1.29 is 23.7 Å². The molecule has 0 heterocycles. The van der Waals surface area contributed by atoms with Crippen molar-refractivity contribution in [3.8, 4) is 17.2 Å². The number of hydrogen-bond donors (Lipinski definition) is 0. The smallest absolute Gasteiger partial charge is 0.337 e. The highest BCUT2D eigenvalue weighted by molar-refractivity contribution is 5.89. The highest BCUT2D eigenvalue weighted by Crippen LogP contribution is 2.27. The van der Waals surface area contributed by atoms with Gasteiger partial charge in [0.2, 0.25) is 0 Å². The number of aryl methyl sites for hydroxylation is 2. The lowest BCUT2D eigenvalue weighted by atomic mass is 10.1. The summed E-state index contributed by atoms with van der Waals surface area (Å²) in [5, 5.41) is 0. The van der Waals surface area contributed by atoms with Crippen molar-refractivity contribution in [1.29, 1.82) is 0 Å². The van der Waals surface area contributed by atoms with Crippen molar-refractivity contribution in [2.75, 3.05) is 27.4 Å². The summed E-state index contributed by atoms with van der Waals surface area (Å²) in [6, 6.07) is 11.1. The first kappa shape index (κ1) is 18.6. The molecule has 0 fully saturated rings. The molecule has 134 valence electrons. The fraction of sp³-hybridized carbons (Fsp3) is 0.350. The van der Waals surface area contributed by atoms with Crippen molar-refractivity contribution in [2.24, 2.45) is 0 Å². The molecule has 5 heteroatoms. The van der Waals surface area contributed by atoms with E-state index in [1.165, 1.54) is 7.11 Å². The maximum Gasteiger partial charge on any atom is 0.337 e. The van der Waals surface area contributed by atoms with Crippen LogP contribution in [0.2, 0.25) is 0 Å². The van der Waals surface area contributed by atoms with Gasteiger partial charge in [-0.05, 0) is 55.3 Å². The topological polar surface area (TPSA) is 54.0 Å². The van der Waals surface area contributed by atoms with E-state index in [1.807, 2.05) is 32.0 Å². The molecule has 0 spiro atoms. The predicted molar refractivity (Wildman–Crippen MR) is 95.9 cm³/mol. The zero-order valence-corrected chi connectivity index (χ0v) is 15.1. The van der Waals surface area contributed by atoms with Crippen molar-refractivity contribution in [3.63, 3.8) is 0 Å². The van der Waals surface area contributed by atoms with Gasteiger partial charge in [-0.15, -0.1) is 0 Å². The summed E-state index contributed by atoms with van der Waals surface area (Å²) in [5.74, 6) is 1.86. The predicted octanol–water partition coefficient (Wildman–Crippen LogP) is 3.95. The SMILES string of the molecule is COC(=O)c1ccc(OCCCOc2ccc(C)cc2OC)c(C)c1.